The van der Waals surface area contributed by atoms with Gasteiger partial charge < -0.3 is 15.6 Å². The molecule has 1 amide bonds. The van der Waals surface area contributed by atoms with Crippen LogP contribution in [-0.4, -0.2) is 42.7 Å². The van der Waals surface area contributed by atoms with Gasteiger partial charge in [0.1, 0.15) is 0 Å². The molecule has 2 aliphatic heterocycles. The molecule has 1 aliphatic carbocycles. The monoisotopic (exact) mass is 327 g/mol. The summed E-state index contributed by atoms with van der Waals surface area (Å²) in [7, 11) is 0. The van der Waals surface area contributed by atoms with Gasteiger partial charge in [-0.25, -0.2) is 0 Å². The van der Waals surface area contributed by atoms with Crippen LogP contribution in [0.25, 0.3) is 0 Å². The second kappa shape index (κ2) is 7.06. The van der Waals surface area contributed by atoms with Crippen LogP contribution < -0.4 is 5.32 Å². The molecule has 2 heterocycles. The lowest BCUT2D eigenvalue weighted by Crippen LogP contribution is -2.47. The van der Waals surface area contributed by atoms with Crippen LogP contribution in [0.1, 0.15) is 39.0 Å². The third-order valence-corrected chi connectivity index (χ3v) is 5.96. The Labute approximate surface area is 145 Å². The van der Waals surface area contributed by atoms with E-state index in [2.05, 4.69) is 28.9 Å². The maximum absolute atomic E-state index is 12.8. The van der Waals surface area contributed by atoms with Crippen molar-refractivity contribution in [1.29, 1.82) is 5.41 Å². The number of piperidine rings is 2. The van der Waals surface area contributed by atoms with E-state index in [4.69, 9.17) is 5.41 Å². The van der Waals surface area contributed by atoms with Gasteiger partial charge in [0.05, 0.1) is 0 Å². The largest absolute Gasteiger partial charge is 0.342 e. The van der Waals surface area contributed by atoms with Crippen molar-refractivity contribution in [1.82, 2.24) is 10.2 Å². The number of nitrogens with zero attached hydrogens (tertiary/aromatic N) is 1. The maximum atomic E-state index is 12.8. The first-order chi connectivity index (χ1) is 11.6. The third-order valence-electron chi connectivity index (χ3n) is 5.96. The van der Waals surface area contributed by atoms with Gasteiger partial charge in [-0.1, -0.05) is 24.8 Å². The molecule has 0 radical (unpaired) electrons. The van der Waals surface area contributed by atoms with Crippen LogP contribution in [0.5, 0.6) is 0 Å². The molecule has 0 aromatic carbocycles. The second-order valence-electron chi connectivity index (χ2n) is 7.32. The molecule has 3 aliphatic rings. The Bertz CT molecular complexity index is 588. The van der Waals surface area contributed by atoms with Crippen LogP contribution in [0.15, 0.2) is 36.0 Å². The summed E-state index contributed by atoms with van der Waals surface area (Å²) in [6, 6.07) is 0. The molecular weight excluding hydrogens is 298 g/mol. The molecule has 4 heteroatoms. The van der Waals surface area contributed by atoms with E-state index >= 15 is 0 Å². The van der Waals surface area contributed by atoms with Crippen molar-refractivity contribution < 1.29 is 4.79 Å². The Hall–Kier alpha value is -1.68. The number of amides is 1. The fraction of sp³-hybridized carbons (Fsp3) is 0.600. The predicted molar refractivity (Wildman–Crippen MR) is 98.2 cm³/mol. The molecule has 0 atom stereocenters. The molecule has 0 aromatic rings. The summed E-state index contributed by atoms with van der Waals surface area (Å²) in [6.45, 7) is 9.49. The Morgan fingerprint density at radius 2 is 2.00 bits per heavy atom. The van der Waals surface area contributed by atoms with Crippen LogP contribution in [0, 0.1) is 16.7 Å². The smallest absolute Gasteiger partial charge is 0.225 e. The zero-order chi connectivity index (χ0) is 17.2. The van der Waals surface area contributed by atoms with E-state index in [1.54, 1.807) is 0 Å². The fourth-order valence-corrected chi connectivity index (χ4v) is 4.57. The Morgan fingerprint density at radius 1 is 1.33 bits per heavy atom. The van der Waals surface area contributed by atoms with Gasteiger partial charge in [-0.05, 0) is 63.3 Å². The van der Waals surface area contributed by atoms with E-state index in [-0.39, 0.29) is 11.3 Å². The zero-order valence-corrected chi connectivity index (χ0v) is 14.7. The maximum Gasteiger partial charge on any atom is 0.225 e. The van der Waals surface area contributed by atoms with E-state index in [0.29, 0.717) is 11.6 Å². The van der Waals surface area contributed by atoms with Crippen LogP contribution in [0.2, 0.25) is 0 Å². The van der Waals surface area contributed by atoms with Crippen LogP contribution in [0.3, 0.4) is 0 Å². The number of rotatable bonds is 3. The number of carbonyl (C=O) groups is 1. The van der Waals surface area contributed by atoms with Crippen molar-refractivity contribution in [2.24, 2.45) is 11.3 Å². The molecule has 0 aromatic heterocycles. The quantitative estimate of drug-likeness (QED) is 0.837. The summed E-state index contributed by atoms with van der Waals surface area (Å²) in [6.07, 6.45) is 10.7. The molecule has 2 N–H and O–H groups in total. The normalized spacial score (nSPS) is 25.0. The van der Waals surface area contributed by atoms with Crippen molar-refractivity contribution in [2.75, 3.05) is 26.2 Å². The Morgan fingerprint density at radius 3 is 2.58 bits per heavy atom. The molecule has 0 unspecified atom stereocenters. The highest BCUT2D eigenvalue weighted by Crippen LogP contribution is 2.49. The van der Waals surface area contributed by atoms with Gasteiger partial charge in [0.25, 0.3) is 0 Å². The van der Waals surface area contributed by atoms with Crippen LogP contribution in [-0.2, 0) is 4.79 Å². The number of nitrogens with one attached hydrogen (secondary N) is 2. The lowest BCUT2D eigenvalue weighted by Gasteiger charge is -2.42. The van der Waals surface area contributed by atoms with Gasteiger partial charge in [-0.3, -0.25) is 4.79 Å². The average molecular weight is 327 g/mol. The standard InChI is InChI=1S/C20H29N3O/c1-3-5-17-16(4-2)18(21)14-20(17)8-12-23(13-9-20)19(24)15-6-10-22-11-7-15/h3-5,15,21-22H,2,6-14H2,1H3/b5-3-,21-18?. The predicted octanol–water partition coefficient (Wildman–Crippen LogP) is 3.08. The van der Waals surface area contributed by atoms with E-state index < -0.39 is 0 Å². The van der Waals surface area contributed by atoms with Crippen molar-refractivity contribution in [2.45, 2.75) is 39.0 Å². The highest BCUT2D eigenvalue weighted by Gasteiger charge is 2.44. The zero-order valence-electron chi connectivity index (χ0n) is 14.7. The average Bonchev–Trinajstić information content (AvgIpc) is 2.87. The lowest BCUT2D eigenvalue weighted by molar-refractivity contribution is -0.138. The molecule has 0 saturated carbocycles. The molecule has 3 rings (SSSR count). The summed E-state index contributed by atoms with van der Waals surface area (Å²) in [5.41, 5.74) is 3.01. The number of hydrogen-bond donors (Lipinski definition) is 2. The first kappa shape index (κ1) is 17.2. The number of allylic oxidation sites excluding steroid dienone is 5. The van der Waals surface area contributed by atoms with E-state index in [9.17, 15) is 4.79 Å². The number of likely N-dealkylation sites (tertiary alicyclic amines) is 1. The Kier molecular flexibility index (Phi) is 5.04. The molecule has 2 saturated heterocycles. The number of hydrogen-bond acceptors (Lipinski definition) is 3. The minimum absolute atomic E-state index is 0.0397. The second-order valence-corrected chi connectivity index (χ2v) is 7.32. The topological polar surface area (TPSA) is 56.2 Å². The summed E-state index contributed by atoms with van der Waals surface area (Å²) >= 11 is 0. The van der Waals surface area contributed by atoms with Crippen LogP contribution >= 0.6 is 0 Å². The van der Waals surface area contributed by atoms with Crippen molar-refractivity contribution >= 4 is 11.6 Å². The number of carbonyl (C=O) groups excluding carboxylic acids is 1. The van der Waals surface area contributed by atoms with Crippen molar-refractivity contribution in [3.8, 4) is 0 Å². The molecule has 0 bridgehead atoms. The SMILES string of the molecule is C=CC1=C(/C=C\C)C2(CCN(C(=O)C3CCNCC3)CC2)CC1=N. The first-order valence-corrected chi connectivity index (χ1v) is 9.18. The molecule has 130 valence electrons. The minimum Gasteiger partial charge on any atom is -0.342 e. The van der Waals surface area contributed by atoms with Gasteiger partial charge >= 0.3 is 0 Å². The van der Waals surface area contributed by atoms with Gasteiger partial charge in [0.2, 0.25) is 5.91 Å². The minimum atomic E-state index is 0.0397. The van der Waals surface area contributed by atoms with Crippen LogP contribution in [0.4, 0.5) is 0 Å². The van der Waals surface area contributed by atoms with Crippen molar-refractivity contribution in [3.05, 3.63) is 36.0 Å². The summed E-state index contributed by atoms with van der Waals surface area (Å²) in [5, 5.41) is 11.7. The highest BCUT2D eigenvalue weighted by molar-refractivity contribution is 6.05. The Balaban J connectivity index is 1.72. The molecule has 1 spiro atoms. The highest BCUT2D eigenvalue weighted by atomic mass is 16.2. The van der Waals surface area contributed by atoms with Crippen molar-refractivity contribution in [3.63, 3.8) is 0 Å². The molecule has 2 fully saturated rings. The third kappa shape index (κ3) is 3.00. The van der Waals surface area contributed by atoms with E-state index in [1.807, 2.05) is 13.0 Å². The fourth-order valence-electron chi connectivity index (χ4n) is 4.57. The van der Waals surface area contributed by atoms with E-state index in [1.165, 1.54) is 5.57 Å². The molecule has 4 nitrogen and oxygen atoms in total. The van der Waals surface area contributed by atoms with Gasteiger partial charge in [-0.2, -0.15) is 0 Å². The summed E-state index contributed by atoms with van der Waals surface area (Å²) in [4.78, 5) is 14.8. The van der Waals surface area contributed by atoms with Gasteiger partial charge in [0, 0.05) is 30.1 Å². The summed E-state index contributed by atoms with van der Waals surface area (Å²) < 4.78 is 0. The lowest BCUT2D eigenvalue weighted by atomic mass is 9.72. The first-order valence-electron chi connectivity index (χ1n) is 9.18. The molecular formula is C20H29N3O. The molecule has 24 heavy (non-hydrogen) atoms. The van der Waals surface area contributed by atoms with E-state index in [0.717, 1.165) is 63.9 Å². The van der Waals surface area contributed by atoms with Gasteiger partial charge in [0.15, 0.2) is 0 Å². The summed E-state index contributed by atoms with van der Waals surface area (Å²) in [5.74, 6) is 0.552. The van der Waals surface area contributed by atoms with Gasteiger partial charge in [-0.15, -0.1) is 0 Å².